The highest BCUT2D eigenvalue weighted by atomic mass is 32.2. The zero-order valence-electron chi connectivity index (χ0n) is 8.65. The zero-order valence-corrected chi connectivity index (χ0v) is 9.47. The van der Waals surface area contributed by atoms with E-state index in [1.165, 1.54) is 0 Å². The second-order valence-electron chi connectivity index (χ2n) is 4.16. The molecule has 2 heterocycles. The predicted octanol–water partition coefficient (Wildman–Crippen LogP) is 1.58. The van der Waals surface area contributed by atoms with E-state index in [-0.39, 0.29) is 10.1 Å². The van der Waals surface area contributed by atoms with Crippen LogP contribution in [0.25, 0.3) is 0 Å². The van der Waals surface area contributed by atoms with Crippen molar-refractivity contribution in [2.24, 2.45) is 0 Å². The first-order chi connectivity index (χ1) is 7.00. The Balaban J connectivity index is 2.19. The maximum Gasteiger partial charge on any atom is 0.322 e. The molecule has 1 aliphatic heterocycles. The van der Waals surface area contributed by atoms with Gasteiger partial charge in [-0.15, -0.1) is 11.8 Å². The third-order valence-electron chi connectivity index (χ3n) is 2.59. The summed E-state index contributed by atoms with van der Waals surface area (Å²) < 4.78 is -0.290. The average molecular weight is 226 g/mol. The molecule has 0 bridgehead atoms. The molecule has 0 amide bonds. The first-order valence-corrected chi connectivity index (χ1v) is 5.68. The molecule has 0 radical (unpaired) electrons. The number of nitrogens with one attached hydrogen (secondary N) is 2. The number of carboxylic acids is 1. The number of hydrogen-bond acceptors (Lipinski definition) is 3. The molecule has 0 saturated carbocycles. The fraction of sp³-hybridized carbons (Fsp3) is 0.500. The van der Waals surface area contributed by atoms with Gasteiger partial charge in [-0.25, -0.2) is 0 Å². The van der Waals surface area contributed by atoms with Crippen molar-refractivity contribution >= 4 is 17.7 Å². The average Bonchev–Trinajstić information content (AvgIpc) is 2.69. The van der Waals surface area contributed by atoms with Gasteiger partial charge < -0.3 is 10.1 Å². The molecule has 4 nitrogen and oxygen atoms in total. The Morgan fingerprint density at radius 2 is 2.33 bits per heavy atom. The van der Waals surface area contributed by atoms with Gasteiger partial charge in [0.1, 0.15) is 6.04 Å². The highest BCUT2D eigenvalue weighted by Gasteiger charge is 2.45. The third-order valence-corrected chi connectivity index (χ3v) is 4.06. The predicted molar refractivity (Wildman–Crippen MR) is 59.8 cm³/mol. The van der Waals surface area contributed by atoms with Crippen molar-refractivity contribution in [3.05, 3.63) is 24.0 Å². The van der Waals surface area contributed by atoms with E-state index < -0.39 is 12.0 Å². The van der Waals surface area contributed by atoms with E-state index in [0.29, 0.717) is 0 Å². The first-order valence-electron chi connectivity index (χ1n) is 4.80. The summed E-state index contributed by atoms with van der Waals surface area (Å²) >= 11 is 1.64. The van der Waals surface area contributed by atoms with E-state index >= 15 is 0 Å². The molecule has 2 atom stereocenters. The van der Waals surface area contributed by atoms with Crippen LogP contribution >= 0.6 is 11.8 Å². The van der Waals surface area contributed by atoms with Crippen LogP contribution < -0.4 is 5.32 Å². The van der Waals surface area contributed by atoms with Crippen LogP contribution in [0.4, 0.5) is 0 Å². The van der Waals surface area contributed by atoms with E-state index in [1.807, 2.05) is 32.2 Å². The molecule has 2 unspecified atom stereocenters. The highest BCUT2D eigenvalue weighted by molar-refractivity contribution is 8.01. The zero-order chi connectivity index (χ0) is 11.1. The number of aromatic amines is 1. The smallest absolute Gasteiger partial charge is 0.322 e. The summed E-state index contributed by atoms with van der Waals surface area (Å²) in [5.74, 6) is -0.790. The minimum Gasteiger partial charge on any atom is -0.480 e. The number of aliphatic carboxylic acids is 1. The van der Waals surface area contributed by atoms with Crippen LogP contribution in [0.3, 0.4) is 0 Å². The molecule has 3 N–H and O–H groups in total. The van der Waals surface area contributed by atoms with Crippen LogP contribution in [-0.4, -0.2) is 26.8 Å². The molecule has 1 aromatic heterocycles. The van der Waals surface area contributed by atoms with Gasteiger partial charge in [0, 0.05) is 16.6 Å². The Morgan fingerprint density at radius 3 is 2.80 bits per heavy atom. The minimum atomic E-state index is -0.790. The first kappa shape index (κ1) is 10.6. The van der Waals surface area contributed by atoms with Crippen molar-refractivity contribution in [1.29, 1.82) is 0 Å². The Labute approximate surface area is 92.5 Å². The van der Waals surface area contributed by atoms with Gasteiger partial charge in [-0.3, -0.25) is 10.1 Å². The van der Waals surface area contributed by atoms with Gasteiger partial charge in [-0.2, -0.15) is 0 Å². The van der Waals surface area contributed by atoms with Gasteiger partial charge in [0.05, 0.1) is 5.37 Å². The lowest BCUT2D eigenvalue weighted by Crippen LogP contribution is -2.43. The number of rotatable bonds is 2. The summed E-state index contributed by atoms with van der Waals surface area (Å²) in [5.41, 5.74) is 1.02. The summed E-state index contributed by atoms with van der Waals surface area (Å²) in [4.78, 5) is 14.1. The SMILES string of the molecule is CC1(C)SC(c2ccc[nH]2)NC1C(=O)O. The summed E-state index contributed by atoms with van der Waals surface area (Å²) in [5, 5.41) is 12.2. The number of aromatic nitrogens is 1. The number of thioether (sulfide) groups is 1. The second kappa shape index (κ2) is 3.57. The molecule has 1 saturated heterocycles. The molecule has 0 aliphatic carbocycles. The van der Waals surface area contributed by atoms with E-state index in [9.17, 15) is 4.79 Å². The van der Waals surface area contributed by atoms with Crippen LogP contribution in [0, 0.1) is 0 Å². The number of carbonyl (C=O) groups is 1. The van der Waals surface area contributed by atoms with Crippen LogP contribution in [-0.2, 0) is 4.79 Å². The van der Waals surface area contributed by atoms with Gasteiger partial charge in [-0.1, -0.05) is 0 Å². The van der Waals surface area contributed by atoms with Gasteiger partial charge in [-0.05, 0) is 26.0 Å². The van der Waals surface area contributed by atoms with E-state index in [2.05, 4.69) is 10.3 Å². The van der Waals surface area contributed by atoms with Crippen LogP contribution in [0.5, 0.6) is 0 Å². The lowest BCUT2D eigenvalue weighted by molar-refractivity contribution is -0.139. The molecule has 5 heteroatoms. The summed E-state index contributed by atoms with van der Waals surface area (Å²) in [6, 6.07) is 3.37. The van der Waals surface area contributed by atoms with Gasteiger partial charge in [0.25, 0.3) is 0 Å². The maximum atomic E-state index is 11.0. The Hall–Kier alpha value is -0.940. The summed E-state index contributed by atoms with van der Waals surface area (Å²) in [6.45, 7) is 3.90. The van der Waals surface area contributed by atoms with Gasteiger partial charge in [0.2, 0.25) is 0 Å². The summed E-state index contributed by atoms with van der Waals surface area (Å²) in [6.07, 6.45) is 1.85. The third kappa shape index (κ3) is 1.89. The molecule has 1 aliphatic rings. The number of hydrogen-bond donors (Lipinski definition) is 3. The quantitative estimate of drug-likeness (QED) is 0.716. The van der Waals surface area contributed by atoms with Crippen molar-refractivity contribution in [2.75, 3.05) is 0 Å². The topological polar surface area (TPSA) is 65.1 Å². The normalized spacial score (nSPS) is 29.2. The van der Waals surface area contributed by atoms with E-state index in [0.717, 1.165) is 5.69 Å². The fourth-order valence-corrected chi connectivity index (χ4v) is 3.18. The van der Waals surface area contributed by atoms with Gasteiger partial charge in [0.15, 0.2) is 0 Å². The molecular weight excluding hydrogens is 212 g/mol. The van der Waals surface area contributed by atoms with Crippen LogP contribution in [0.2, 0.25) is 0 Å². The summed E-state index contributed by atoms with van der Waals surface area (Å²) in [7, 11) is 0. The van der Waals surface area contributed by atoms with Crippen molar-refractivity contribution < 1.29 is 9.90 Å². The van der Waals surface area contributed by atoms with Crippen molar-refractivity contribution in [1.82, 2.24) is 10.3 Å². The molecule has 1 fully saturated rings. The van der Waals surface area contributed by atoms with E-state index in [4.69, 9.17) is 5.11 Å². The van der Waals surface area contributed by atoms with Gasteiger partial charge >= 0.3 is 5.97 Å². The largest absolute Gasteiger partial charge is 0.480 e. The molecule has 1 aromatic rings. The maximum absolute atomic E-state index is 11.0. The van der Waals surface area contributed by atoms with Crippen molar-refractivity contribution in [2.45, 2.75) is 30.0 Å². The van der Waals surface area contributed by atoms with Crippen molar-refractivity contribution in [3.8, 4) is 0 Å². The minimum absolute atomic E-state index is 0.0381. The van der Waals surface area contributed by atoms with Crippen molar-refractivity contribution in [3.63, 3.8) is 0 Å². The number of H-pyrrole nitrogens is 1. The fourth-order valence-electron chi connectivity index (χ4n) is 1.79. The Kier molecular flexibility index (Phi) is 2.52. The monoisotopic (exact) mass is 226 g/mol. The standard InChI is InChI=1S/C10H14N2O2S/c1-10(2)7(9(13)14)12-8(15-10)6-4-3-5-11-6/h3-5,7-8,11-12H,1-2H3,(H,13,14). The Morgan fingerprint density at radius 1 is 1.60 bits per heavy atom. The molecular formula is C10H14N2O2S. The highest BCUT2D eigenvalue weighted by Crippen LogP contribution is 2.45. The van der Waals surface area contributed by atoms with Crippen LogP contribution in [0.1, 0.15) is 24.9 Å². The second-order valence-corrected chi connectivity index (χ2v) is 5.92. The molecule has 0 aromatic carbocycles. The molecule has 0 spiro atoms. The van der Waals surface area contributed by atoms with Crippen LogP contribution in [0.15, 0.2) is 18.3 Å². The molecule has 15 heavy (non-hydrogen) atoms. The lowest BCUT2D eigenvalue weighted by Gasteiger charge is -2.20. The molecule has 2 rings (SSSR count). The van der Waals surface area contributed by atoms with E-state index in [1.54, 1.807) is 11.8 Å². The molecule has 82 valence electrons. The lowest BCUT2D eigenvalue weighted by atomic mass is 10.0. The number of carboxylic acid groups (broad SMARTS) is 1. The Bertz CT molecular complexity index is 362.